The van der Waals surface area contributed by atoms with E-state index in [1.54, 1.807) is 20.8 Å². The fraction of sp³-hybridized carbons (Fsp3) is 0.310. The molecular weight excluding hydrogens is 540 g/mol. The zero-order chi connectivity index (χ0) is 29.4. The third-order valence-corrected chi connectivity index (χ3v) is 7.91. The molecule has 0 heterocycles. The first-order chi connectivity index (χ1) is 19.0. The van der Waals surface area contributed by atoms with E-state index >= 15 is 0 Å². The summed E-state index contributed by atoms with van der Waals surface area (Å²) in [7, 11) is -2.87. The number of halogens is 2. The molecular formula is C29H33F2N3O5S. The van der Waals surface area contributed by atoms with Crippen molar-refractivity contribution in [3.63, 3.8) is 0 Å². The number of hydrogen-bond acceptors (Lipinski definition) is 5. The Bertz CT molecular complexity index is 1400. The number of rotatable bonds is 12. The minimum atomic E-state index is -4.31. The normalized spacial score (nSPS) is 12.1. The van der Waals surface area contributed by atoms with Crippen LogP contribution in [0.1, 0.15) is 32.8 Å². The molecule has 0 spiro atoms. The summed E-state index contributed by atoms with van der Waals surface area (Å²) in [5, 5.41) is 2.80. The van der Waals surface area contributed by atoms with E-state index in [9.17, 15) is 26.8 Å². The number of ether oxygens (including phenoxy) is 1. The van der Waals surface area contributed by atoms with Crippen LogP contribution in [0.15, 0.2) is 77.7 Å². The molecule has 214 valence electrons. The second kappa shape index (κ2) is 13.4. The van der Waals surface area contributed by atoms with Crippen molar-refractivity contribution < 1.29 is 31.5 Å². The minimum absolute atomic E-state index is 0.0620. The lowest BCUT2D eigenvalue weighted by molar-refractivity contribution is -0.140. The van der Waals surface area contributed by atoms with Crippen LogP contribution >= 0.6 is 0 Å². The Balaban J connectivity index is 2.05. The molecule has 0 saturated carbocycles. The van der Waals surface area contributed by atoms with E-state index < -0.39 is 46.1 Å². The average Bonchev–Trinajstić information content (AvgIpc) is 2.92. The van der Waals surface area contributed by atoms with Gasteiger partial charge in [0.15, 0.2) is 0 Å². The Morgan fingerprint density at radius 1 is 0.900 bits per heavy atom. The highest BCUT2D eigenvalue weighted by Crippen LogP contribution is 2.26. The fourth-order valence-corrected chi connectivity index (χ4v) is 5.51. The van der Waals surface area contributed by atoms with Crippen LogP contribution in [-0.4, -0.2) is 50.9 Å². The second-order valence-electron chi connectivity index (χ2n) is 9.40. The molecule has 0 aliphatic rings. The van der Waals surface area contributed by atoms with Gasteiger partial charge in [-0.25, -0.2) is 17.2 Å². The summed E-state index contributed by atoms with van der Waals surface area (Å²) in [6.45, 7) is 4.57. The predicted molar refractivity (Wildman–Crippen MR) is 148 cm³/mol. The van der Waals surface area contributed by atoms with Crippen molar-refractivity contribution in [1.29, 1.82) is 0 Å². The van der Waals surface area contributed by atoms with E-state index in [4.69, 9.17) is 4.74 Å². The lowest BCUT2D eigenvalue weighted by Crippen LogP contribution is -2.53. The number of nitrogens with one attached hydrogen (secondary N) is 1. The molecule has 8 nitrogen and oxygen atoms in total. The van der Waals surface area contributed by atoms with Crippen molar-refractivity contribution in [3.05, 3.63) is 90.0 Å². The maximum atomic E-state index is 13.9. The first-order valence-electron chi connectivity index (χ1n) is 12.7. The summed E-state index contributed by atoms with van der Waals surface area (Å²) < 4.78 is 60.9. The molecule has 3 rings (SSSR count). The second-order valence-corrected chi connectivity index (χ2v) is 11.3. The van der Waals surface area contributed by atoms with Crippen LogP contribution in [0.4, 0.5) is 14.5 Å². The van der Waals surface area contributed by atoms with Gasteiger partial charge in [0.1, 0.15) is 30.0 Å². The number of amides is 2. The van der Waals surface area contributed by atoms with Crippen LogP contribution in [0.2, 0.25) is 0 Å². The number of carbonyl (C=O) groups is 2. The Hall–Kier alpha value is -3.99. The van der Waals surface area contributed by atoms with Crippen LogP contribution in [-0.2, 0) is 26.2 Å². The zero-order valence-corrected chi connectivity index (χ0v) is 23.6. The topological polar surface area (TPSA) is 96.0 Å². The Morgan fingerprint density at radius 2 is 1.45 bits per heavy atom. The van der Waals surface area contributed by atoms with Gasteiger partial charge in [0.2, 0.25) is 11.8 Å². The number of nitrogens with zero attached hydrogens (tertiary/aromatic N) is 2. The first-order valence-corrected chi connectivity index (χ1v) is 14.2. The molecule has 1 N–H and O–H groups in total. The van der Waals surface area contributed by atoms with Gasteiger partial charge in [0.05, 0.1) is 17.7 Å². The van der Waals surface area contributed by atoms with E-state index in [0.29, 0.717) is 11.3 Å². The molecule has 0 radical (unpaired) electrons. The maximum absolute atomic E-state index is 13.9. The Morgan fingerprint density at radius 3 is 1.95 bits per heavy atom. The highest BCUT2D eigenvalue weighted by atomic mass is 32.2. The summed E-state index contributed by atoms with van der Waals surface area (Å²) in [5.41, 5.74) is 0.615. The average molecular weight is 574 g/mol. The minimum Gasteiger partial charge on any atom is -0.497 e. The molecule has 3 aromatic carbocycles. The standard InChI is InChI=1S/C29H33F2N3O5S/c1-5-27(29(36)32-20(2)3)33(18-21-6-8-22(30)9-7-21)28(35)19-34(24-12-10-23(31)11-13-24)40(37,38)26-16-14-25(39-4)15-17-26/h6-17,20,27H,5,18-19H2,1-4H3,(H,32,36)/t27-/m0/s1. The largest absolute Gasteiger partial charge is 0.497 e. The third kappa shape index (κ3) is 7.56. The number of methoxy groups -OCH3 is 1. The van der Waals surface area contributed by atoms with Crippen LogP contribution in [0, 0.1) is 11.6 Å². The van der Waals surface area contributed by atoms with E-state index in [2.05, 4.69) is 5.32 Å². The number of carbonyl (C=O) groups excluding carboxylic acids is 2. The molecule has 3 aromatic rings. The highest BCUT2D eigenvalue weighted by Gasteiger charge is 2.34. The van der Waals surface area contributed by atoms with Gasteiger partial charge >= 0.3 is 0 Å². The lowest BCUT2D eigenvalue weighted by atomic mass is 10.1. The summed E-state index contributed by atoms with van der Waals surface area (Å²) in [6.07, 6.45) is 0.243. The van der Waals surface area contributed by atoms with E-state index in [1.165, 1.54) is 72.7 Å². The van der Waals surface area contributed by atoms with Gasteiger partial charge in [-0.2, -0.15) is 0 Å². The Kier molecular flexibility index (Phi) is 10.2. The van der Waals surface area contributed by atoms with Crippen molar-refractivity contribution in [2.75, 3.05) is 18.0 Å². The summed E-state index contributed by atoms with van der Waals surface area (Å²) in [4.78, 5) is 28.2. The van der Waals surface area contributed by atoms with Gasteiger partial charge in [-0.3, -0.25) is 13.9 Å². The summed E-state index contributed by atoms with van der Waals surface area (Å²) >= 11 is 0. The SMILES string of the molecule is CC[C@@H](C(=O)NC(C)C)N(Cc1ccc(F)cc1)C(=O)CN(c1ccc(F)cc1)S(=O)(=O)c1ccc(OC)cc1. The zero-order valence-electron chi connectivity index (χ0n) is 22.8. The van der Waals surface area contributed by atoms with Gasteiger partial charge < -0.3 is 15.0 Å². The van der Waals surface area contributed by atoms with Gasteiger partial charge in [0, 0.05) is 12.6 Å². The number of sulfonamides is 1. The summed E-state index contributed by atoms with van der Waals surface area (Å²) in [6, 6.07) is 14.7. The van der Waals surface area contributed by atoms with E-state index in [0.717, 1.165) is 16.4 Å². The third-order valence-electron chi connectivity index (χ3n) is 6.12. The van der Waals surface area contributed by atoms with Crippen molar-refractivity contribution in [2.45, 2.75) is 50.7 Å². The van der Waals surface area contributed by atoms with Crippen LogP contribution < -0.4 is 14.4 Å². The van der Waals surface area contributed by atoms with E-state index in [-0.39, 0.29) is 29.6 Å². The van der Waals surface area contributed by atoms with Crippen LogP contribution in [0.5, 0.6) is 5.75 Å². The van der Waals surface area contributed by atoms with Gasteiger partial charge in [-0.15, -0.1) is 0 Å². The molecule has 2 amide bonds. The van der Waals surface area contributed by atoms with Crippen LogP contribution in [0.25, 0.3) is 0 Å². The van der Waals surface area contributed by atoms with Crippen LogP contribution in [0.3, 0.4) is 0 Å². The van der Waals surface area contributed by atoms with Crippen molar-refractivity contribution >= 4 is 27.5 Å². The number of benzene rings is 3. The molecule has 0 bridgehead atoms. The smallest absolute Gasteiger partial charge is 0.264 e. The molecule has 0 aliphatic carbocycles. The van der Waals surface area contributed by atoms with Crippen molar-refractivity contribution in [2.24, 2.45) is 0 Å². The molecule has 1 atom stereocenters. The molecule has 11 heteroatoms. The van der Waals surface area contributed by atoms with Gasteiger partial charge in [-0.05, 0) is 86.5 Å². The quantitative estimate of drug-likeness (QED) is 0.344. The fourth-order valence-electron chi connectivity index (χ4n) is 4.10. The van der Waals surface area contributed by atoms with Crippen molar-refractivity contribution in [1.82, 2.24) is 10.2 Å². The molecule has 0 aliphatic heterocycles. The number of anilines is 1. The number of hydrogen-bond donors (Lipinski definition) is 1. The molecule has 0 fully saturated rings. The predicted octanol–water partition coefficient (Wildman–Crippen LogP) is 4.50. The summed E-state index contributed by atoms with van der Waals surface area (Å²) in [5.74, 6) is -1.67. The maximum Gasteiger partial charge on any atom is 0.264 e. The monoisotopic (exact) mass is 573 g/mol. The molecule has 0 unspecified atom stereocenters. The van der Waals surface area contributed by atoms with Gasteiger partial charge in [-0.1, -0.05) is 19.1 Å². The molecule has 0 saturated heterocycles. The Labute approximate surface area is 233 Å². The first kappa shape index (κ1) is 30.6. The molecule has 40 heavy (non-hydrogen) atoms. The van der Waals surface area contributed by atoms with Gasteiger partial charge in [0.25, 0.3) is 10.0 Å². The van der Waals surface area contributed by atoms with E-state index in [1.807, 2.05) is 0 Å². The van der Waals surface area contributed by atoms with Crippen molar-refractivity contribution in [3.8, 4) is 5.75 Å². The lowest BCUT2D eigenvalue weighted by Gasteiger charge is -2.33. The molecule has 0 aromatic heterocycles. The highest BCUT2D eigenvalue weighted by molar-refractivity contribution is 7.92.